The number of nitrogens with zero attached hydrogens (tertiary/aromatic N) is 3. The van der Waals surface area contributed by atoms with Crippen molar-refractivity contribution in [1.29, 1.82) is 0 Å². The zero-order chi connectivity index (χ0) is 24.0. The van der Waals surface area contributed by atoms with Crippen molar-refractivity contribution in [2.24, 2.45) is 5.92 Å². The van der Waals surface area contributed by atoms with E-state index < -0.39 is 9.84 Å². The van der Waals surface area contributed by atoms with E-state index in [0.717, 1.165) is 5.56 Å². The van der Waals surface area contributed by atoms with E-state index in [9.17, 15) is 13.2 Å². The van der Waals surface area contributed by atoms with Crippen LogP contribution in [0.3, 0.4) is 0 Å². The van der Waals surface area contributed by atoms with Crippen molar-refractivity contribution < 1.29 is 13.2 Å². The molecule has 0 aliphatic carbocycles. The topological polar surface area (TPSA) is 72.3 Å². The van der Waals surface area contributed by atoms with Crippen LogP contribution in [0.5, 0.6) is 0 Å². The number of imidazole rings is 1. The highest BCUT2D eigenvalue weighted by atomic mass is 32.2. The van der Waals surface area contributed by atoms with E-state index in [0.29, 0.717) is 30.8 Å². The molecule has 1 amide bonds. The van der Waals surface area contributed by atoms with E-state index in [2.05, 4.69) is 4.98 Å². The number of rotatable bonds is 10. The zero-order valence-corrected chi connectivity index (χ0v) is 20.6. The Bertz CT molecular complexity index is 1150. The van der Waals surface area contributed by atoms with Crippen LogP contribution in [-0.4, -0.2) is 34.8 Å². The lowest BCUT2D eigenvalue weighted by Gasteiger charge is -2.28. The summed E-state index contributed by atoms with van der Waals surface area (Å²) in [6, 6.07) is 18.8. The minimum absolute atomic E-state index is 0.0132. The monoisotopic (exact) mass is 467 g/mol. The van der Waals surface area contributed by atoms with Crippen molar-refractivity contribution >= 4 is 15.7 Å². The highest BCUT2D eigenvalue weighted by Gasteiger charge is 2.26. The number of carbonyl (C=O) groups excluding carboxylic acids is 1. The third-order valence-electron chi connectivity index (χ3n) is 5.42. The highest BCUT2D eigenvalue weighted by Crippen LogP contribution is 2.21. The predicted octanol–water partition coefficient (Wildman–Crippen LogP) is 4.69. The largest absolute Gasteiger partial charge is 0.334 e. The van der Waals surface area contributed by atoms with Crippen molar-refractivity contribution in [1.82, 2.24) is 14.5 Å². The Morgan fingerprint density at radius 3 is 2.06 bits per heavy atom. The average Bonchev–Trinajstić information content (AvgIpc) is 3.15. The predicted molar refractivity (Wildman–Crippen MR) is 130 cm³/mol. The molecule has 0 saturated heterocycles. The van der Waals surface area contributed by atoms with Gasteiger partial charge in [0.1, 0.15) is 0 Å². The molecule has 1 aromatic heterocycles. The Morgan fingerprint density at radius 1 is 0.939 bits per heavy atom. The van der Waals surface area contributed by atoms with E-state index in [-0.39, 0.29) is 28.8 Å². The Kier molecular flexibility index (Phi) is 8.08. The molecule has 0 unspecified atom stereocenters. The van der Waals surface area contributed by atoms with Crippen LogP contribution in [0.25, 0.3) is 0 Å². The van der Waals surface area contributed by atoms with Crippen molar-refractivity contribution in [2.75, 3.05) is 0 Å². The molecule has 0 spiro atoms. The quantitative estimate of drug-likeness (QED) is 0.434. The van der Waals surface area contributed by atoms with Gasteiger partial charge in [0.15, 0.2) is 0 Å². The Morgan fingerprint density at radius 2 is 1.52 bits per heavy atom. The molecule has 0 bridgehead atoms. The average molecular weight is 468 g/mol. The van der Waals surface area contributed by atoms with Crippen LogP contribution in [-0.2, 0) is 33.5 Å². The molecule has 3 aromatic rings. The third-order valence-corrected chi connectivity index (χ3v) is 7.02. The van der Waals surface area contributed by atoms with Crippen molar-refractivity contribution in [2.45, 2.75) is 64.2 Å². The summed E-state index contributed by atoms with van der Waals surface area (Å²) in [6.07, 6.45) is 2.04. The molecule has 1 heterocycles. The van der Waals surface area contributed by atoms with Gasteiger partial charge in [-0.2, -0.15) is 0 Å². The van der Waals surface area contributed by atoms with Crippen LogP contribution < -0.4 is 0 Å². The van der Waals surface area contributed by atoms with E-state index in [1.807, 2.05) is 76.2 Å². The van der Waals surface area contributed by atoms with E-state index in [1.54, 1.807) is 27.8 Å². The molecule has 0 aliphatic rings. The first kappa shape index (κ1) is 24.7. The van der Waals surface area contributed by atoms with Crippen LogP contribution in [0.4, 0.5) is 0 Å². The summed E-state index contributed by atoms with van der Waals surface area (Å²) in [6.45, 7) is 8.66. The second kappa shape index (κ2) is 10.8. The van der Waals surface area contributed by atoms with Crippen LogP contribution in [0.1, 0.15) is 50.9 Å². The fraction of sp³-hybridized carbons (Fsp3) is 0.385. The molecular weight excluding hydrogens is 434 g/mol. The number of sulfone groups is 1. The van der Waals surface area contributed by atoms with Gasteiger partial charge in [0.2, 0.25) is 20.9 Å². The number of hydrogen-bond acceptors (Lipinski definition) is 4. The summed E-state index contributed by atoms with van der Waals surface area (Å²) in [7, 11) is -3.69. The molecule has 3 rings (SSSR count). The van der Waals surface area contributed by atoms with Crippen molar-refractivity contribution in [3.8, 4) is 0 Å². The molecule has 7 heteroatoms. The summed E-state index contributed by atoms with van der Waals surface area (Å²) >= 11 is 0. The summed E-state index contributed by atoms with van der Waals surface area (Å²) < 4.78 is 28.5. The molecule has 0 aliphatic heterocycles. The molecule has 176 valence electrons. The lowest BCUT2D eigenvalue weighted by Crippen LogP contribution is -2.37. The van der Waals surface area contributed by atoms with Gasteiger partial charge in [-0.15, -0.1) is 0 Å². The Hall–Kier alpha value is -2.93. The van der Waals surface area contributed by atoms with Crippen LogP contribution in [0, 0.1) is 5.92 Å². The Balaban J connectivity index is 2.00. The molecule has 0 saturated carbocycles. The molecule has 2 aromatic carbocycles. The van der Waals surface area contributed by atoms with Gasteiger partial charge in [0.25, 0.3) is 0 Å². The van der Waals surface area contributed by atoms with Gasteiger partial charge >= 0.3 is 0 Å². The molecule has 33 heavy (non-hydrogen) atoms. The lowest BCUT2D eigenvalue weighted by atomic mass is 10.1. The van der Waals surface area contributed by atoms with E-state index in [4.69, 9.17) is 0 Å². The maximum absolute atomic E-state index is 13.4. The van der Waals surface area contributed by atoms with Gasteiger partial charge in [0, 0.05) is 12.5 Å². The van der Waals surface area contributed by atoms with Gasteiger partial charge in [-0.1, -0.05) is 74.5 Å². The third kappa shape index (κ3) is 6.54. The van der Waals surface area contributed by atoms with Gasteiger partial charge in [-0.25, -0.2) is 13.4 Å². The molecular formula is C26H33N3O3S. The molecule has 0 radical (unpaired) electrons. The minimum Gasteiger partial charge on any atom is -0.334 e. The fourth-order valence-electron chi connectivity index (χ4n) is 3.76. The maximum Gasteiger partial charge on any atom is 0.228 e. The summed E-state index contributed by atoms with van der Waals surface area (Å²) in [5.41, 5.74) is 2.39. The first-order valence-electron chi connectivity index (χ1n) is 11.3. The number of carbonyl (C=O) groups is 1. The van der Waals surface area contributed by atoms with E-state index >= 15 is 0 Å². The second-order valence-electron chi connectivity index (χ2n) is 9.06. The Labute approximate surface area is 197 Å². The van der Waals surface area contributed by atoms with Gasteiger partial charge in [0.05, 0.1) is 30.7 Å². The van der Waals surface area contributed by atoms with Gasteiger partial charge in [-0.3, -0.25) is 4.79 Å². The summed E-state index contributed by atoms with van der Waals surface area (Å²) in [5, 5.41) is 0.0326. The van der Waals surface area contributed by atoms with Gasteiger partial charge in [-0.05, 0) is 30.9 Å². The number of hydrogen-bond donors (Lipinski definition) is 0. The SMILES string of the molecule is CC(C)CC(=O)N(Cc1cnc(S(=O)(=O)Cc2ccccc2)n1Cc1ccccc1)C(C)C. The smallest absolute Gasteiger partial charge is 0.228 e. The molecule has 0 N–H and O–H groups in total. The second-order valence-corrected chi connectivity index (χ2v) is 10.9. The van der Waals surface area contributed by atoms with Gasteiger partial charge < -0.3 is 9.47 Å². The summed E-state index contributed by atoms with van der Waals surface area (Å²) in [5.74, 6) is 0.176. The number of aromatic nitrogens is 2. The van der Waals surface area contributed by atoms with Crippen molar-refractivity contribution in [3.63, 3.8) is 0 Å². The molecule has 6 nitrogen and oxygen atoms in total. The minimum atomic E-state index is -3.69. The first-order chi connectivity index (χ1) is 15.7. The summed E-state index contributed by atoms with van der Waals surface area (Å²) in [4.78, 5) is 19.0. The number of amides is 1. The first-order valence-corrected chi connectivity index (χ1v) is 13.0. The normalized spacial score (nSPS) is 11.8. The highest BCUT2D eigenvalue weighted by molar-refractivity contribution is 7.90. The van der Waals surface area contributed by atoms with E-state index in [1.165, 1.54) is 0 Å². The standard InChI is InChI=1S/C26H33N3O3S/c1-20(2)15-25(30)28(21(3)4)18-24-16-27-26(29(24)17-22-11-7-5-8-12-22)33(31,32)19-23-13-9-6-10-14-23/h5-14,16,20-21H,15,17-19H2,1-4H3. The van der Waals surface area contributed by atoms with Crippen LogP contribution in [0.15, 0.2) is 72.0 Å². The fourth-order valence-corrected chi connectivity index (χ4v) is 5.25. The number of benzene rings is 2. The molecule has 0 fully saturated rings. The van der Waals surface area contributed by atoms with Crippen LogP contribution >= 0.6 is 0 Å². The maximum atomic E-state index is 13.4. The molecule has 0 atom stereocenters. The lowest BCUT2D eigenvalue weighted by molar-refractivity contribution is -0.134. The van der Waals surface area contributed by atoms with Crippen LogP contribution in [0.2, 0.25) is 0 Å². The van der Waals surface area contributed by atoms with Crippen molar-refractivity contribution in [3.05, 3.63) is 83.7 Å². The zero-order valence-electron chi connectivity index (χ0n) is 19.8.